The van der Waals surface area contributed by atoms with Crippen LogP contribution in [0.2, 0.25) is 0 Å². The third-order valence-electron chi connectivity index (χ3n) is 4.68. The van der Waals surface area contributed by atoms with Gasteiger partial charge in [0.05, 0.1) is 5.92 Å². The third kappa shape index (κ3) is 2.55. The summed E-state index contributed by atoms with van der Waals surface area (Å²) in [7, 11) is 1.82. The molecule has 0 aliphatic carbocycles. The fraction of sp³-hybridized carbons (Fsp3) is 0.857. The van der Waals surface area contributed by atoms with Crippen LogP contribution in [-0.4, -0.2) is 52.6 Å². The molecular formula is C14H24N2O3. The first-order valence-corrected chi connectivity index (χ1v) is 7.21. The summed E-state index contributed by atoms with van der Waals surface area (Å²) in [6.45, 7) is 4.98. The molecule has 4 unspecified atom stereocenters. The Morgan fingerprint density at radius 2 is 2.11 bits per heavy atom. The van der Waals surface area contributed by atoms with Crippen LogP contribution in [-0.2, 0) is 4.79 Å². The summed E-state index contributed by atoms with van der Waals surface area (Å²) in [5, 5.41) is 9.21. The number of rotatable bonds is 4. The van der Waals surface area contributed by atoms with E-state index in [0.29, 0.717) is 12.3 Å². The van der Waals surface area contributed by atoms with Crippen LogP contribution in [0.25, 0.3) is 0 Å². The molecule has 2 heterocycles. The van der Waals surface area contributed by atoms with Crippen LogP contribution in [0.4, 0.5) is 4.79 Å². The Labute approximate surface area is 114 Å². The zero-order valence-electron chi connectivity index (χ0n) is 12.0. The molecule has 0 spiro atoms. The van der Waals surface area contributed by atoms with E-state index in [1.165, 1.54) is 0 Å². The number of hydrogen-bond acceptors (Lipinski definition) is 2. The molecule has 2 fully saturated rings. The molecule has 4 atom stereocenters. The smallest absolute Gasteiger partial charge is 0.320 e. The van der Waals surface area contributed by atoms with Crippen molar-refractivity contribution in [1.29, 1.82) is 0 Å². The maximum absolute atomic E-state index is 12.5. The normalized spacial score (nSPS) is 30.5. The molecule has 1 N–H and O–H groups in total. The average Bonchev–Trinajstić information content (AvgIpc) is 2.94. The number of hydrogen-bond donors (Lipinski definition) is 1. The standard InChI is InChI=1S/C14H24N2O3/c1-4-9(2)8-15(3)14(19)16-10-5-6-12(16)11(7-10)13(17)18/h9-12H,4-8H2,1-3H3,(H,17,18). The highest BCUT2D eigenvalue weighted by Crippen LogP contribution is 2.42. The van der Waals surface area contributed by atoms with E-state index in [4.69, 9.17) is 0 Å². The number of carbonyl (C=O) groups is 2. The van der Waals surface area contributed by atoms with Crippen molar-refractivity contribution in [2.45, 2.75) is 51.6 Å². The Morgan fingerprint density at radius 3 is 2.63 bits per heavy atom. The Balaban J connectivity index is 2.02. The van der Waals surface area contributed by atoms with Crippen LogP contribution in [0.1, 0.15) is 39.5 Å². The van der Waals surface area contributed by atoms with Crippen molar-refractivity contribution < 1.29 is 14.7 Å². The van der Waals surface area contributed by atoms with E-state index in [9.17, 15) is 14.7 Å². The fourth-order valence-electron chi connectivity index (χ4n) is 3.42. The number of aliphatic carboxylic acids is 1. The van der Waals surface area contributed by atoms with E-state index in [-0.39, 0.29) is 24.0 Å². The minimum atomic E-state index is -0.755. The summed E-state index contributed by atoms with van der Waals surface area (Å²) in [4.78, 5) is 27.3. The molecule has 0 aromatic rings. The fourth-order valence-corrected chi connectivity index (χ4v) is 3.42. The summed E-state index contributed by atoms with van der Waals surface area (Å²) in [6.07, 6.45) is 3.47. The van der Waals surface area contributed by atoms with Crippen LogP contribution in [0.5, 0.6) is 0 Å². The minimum Gasteiger partial charge on any atom is -0.481 e. The molecular weight excluding hydrogens is 244 g/mol. The van der Waals surface area contributed by atoms with Gasteiger partial charge in [0.2, 0.25) is 0 Å². The highest BCUT2D eigenvalue weighted by atomic mass is 16.4. The molecule has 108 valence electrons. The summed E-state index contributed by atoms with van der Waals surface area (Å²) in [5.74, 6) is -0.640. The highest BCUT2D eigenvalue weighted by Gasteiger charge is 2.51. The second-order valence-corrected chi connectivity index (χ2v) is 6.06. The first kappa shape index (κ1) is 14.2. The molecule has 2 amide bonds. The van der Waals surface area contributed by atoms with Gasteiger partial charge in [-0.15, -0.1) is 0 Å². The lowest BCUT2D eigenvalue weighted by Gasteiger charge is -2.30. The Hall–Kier alpha value is -1.26. The monoisotopic (exact) mass is 268 g/mol. The van der Waals surface area contributed by atoms with Crippen molar-refractivity contribution in [3.05, 3.63) is 0 Å². The maximum atomic E-state index is 12.5. The molecule has 2 saturated heterocycles. The van der Waals surface area contributed by atoms with Gasteiger partial charge >= 0.3 is 12.0 Å². The van der Waals surface area contributed by atoms with Crippen LogP contribution in [0.15, 0.2) is 0 Å². The molecule has 2 bridgehead atoms. The SMILES string of the molecule is CCC(C)CN(C)C(=O)N1C2CCC1C(C(=O)O)C2. The third-order valence-corrected chi connectivity index (χ3v) is 4.68. The average molecular weight is 268 g/mol. The van der Waals surface area contributed by atoms with E-state index in [1.54, 1.807) is 4.90 Å². The lowest BCUT2D eigenvalue weighted by Crippen LogP contribution is -2.46. The lowest BCUT2D eigenvalue weighted by atomic mass is 9.89. The Morgan fingerprint density at radius 1 is 1.42 bits per heavy atom. The van der Waals surface area contributed by atoms with E-state index in [1.807, 2.05) is 11.9 Å². The van der Waals surface area contributed by atoms with Gasteiger partial charge in [-0.25, -0.2) is 4.79 Å². The molecule has 0 aromatic heterocycles. The molecule has 0 saturated carbocycles. The van der Waals surface area contributed by atoms with Crippen molar-refractivity contribution in [3.8, 4) is 0 Å². The molecule has 0 radical (unpaired) electrons. The van der Waals surface area contributed by atoms with Crippen molar-refractivity contribution in [3.63, 3.8) is 0 Å². The van der Waals surface area contributed by atoms with Crippen molar-refractivity contribution in [2.24, 2.45) is 11.8 Å². The number of amides is 2. The van der Waals surface area contributed by atoms with Gasteiger partial charge in [-0.1, -0.05) is 20.3 Å². The van der Waals surface area contributed by atoms with Crippen LogP contribution < -0.4 is 0 Å². The van der Waals surface area contributed by atoms with E-state index < -0.39 is 5.97 Å². The molecule has 2 rings (SSSR count). The molecule has 19 heavy (non-hydrogen) atoms. The lowest BCUT2D eigenvalue weighted by molar-refractivity contribution is -0.142. The first-order chi connectivity index (χ1) is 8.95. The molecule has 0 aromatic carbocycles. The van der Waals surface area contributed by atoms with Crippen LogP contribution in [0.3, 0.4) is 0 Å². The van der Waals surface area contributed by atoms with E-state index >= 15 is 0 Å². The quantitative estimate of drug-likeness (QED) is 0.848. The molecule has 5 nitrogen and oxygen atoms in total. The maximum Gasteiger partial charge on any atom is 0.320 e. The van der Waals surface area contributed by atoms with Gasteiger partial charge in [0, 0.05) is 25.7 Å². The summed E-state index contributed by atoms with van der Waals surface area (Å²) >= 11 is 0. The number of carbonyl (C=O) groups excluding carboxylic acids is 1. The second-order valence-electron chi connectivity index (χ2n) is 6.06. The van der Waals surface area contributed by atoms with Crippen LogP contribution in [0, 0.1) is 11.8 Å². The number of carboxylic acids is 1. The van der Waals surface area contributed by atoms with Crippen LogP contribution >= 0.6 is 0 Å². The topological polar surface area (TPSA) is 60.9 Å². The molecule has 5 heteroatoms. The number of fused-ring (bicyclic) bond motifs is 2. The number of nitrogens with zero attached hydrogens (tertiary/aromatic N) is 2. The van der Waals surface area contributed by atoms with E-state index in [0.717, 1.165) is 25.8 Å². The van der Waals surface area contributed by atoms with Gasteiger partial charge in [-0.3, -0.25) is 4.79 Å². The zero-order valence-corrected chi connectivity index (χ0v) is 12.0. The number of carboxylic acid groups (broad SMARTS) is 1. The van der Waals surface area contributed by atoms with Gasteiger partial charge < -0.3 is 14.9 Å². The van der Waals surface area contributed by atoms with Gasteiger partial charge in [0.25, 0.3) is 0 Å². The largest absolute Gasteiger partial charge is 0.481 e. The van der Waals surface area contributed by atoms with Crippen molar-refractivity contribution in [1.82, 2.24) is 9.80 Å². The van der Waals surface area contributed by atoms with E-state index in [2.05, 4.69) is 13.8 Å². The Kier molecular flexibility index (Phi) is 4.02. The first-order valence-electron chi connectivity index (χ1n) is 7.21. The van der Waals surface area contributed by atoms with Gasteiger partial charge in [0.1, 0.15) is 0 Å². The summed E-state index contributed by atoms with van der Waals surface area (Å²) in [5.41, 5.74) is 0. The Bertz CT molecular complexity index is 372. The second kappa shape index (κ2) is 5.39. The molecule has 2 aliphatic heterocycles. The summed E-state index contributed by atoms with van der Waals surface area (Å²) < 4.78 is 0. The predicted molar refractivity (Wildman–Crippen MR) is 71.9 cm³/mol. The zero-order chi connectivity index (χ0) is 14.2. The minimum absolute atomic E-state index is 0.0107. The predicted octanol–water partition coefficient (Wildman–Crippen LogP) is 2.02. The van der Waals surface area contributed by atoms with Gasteiger partial charge in [-0.2, -0.15) is 0 Å². The van der Waals surface area contributed by atoms with Crippen molar-refractivity contribution >= 4 is 12.0 Å². The summed E-state index contributed by atoms with van der Waals surface area (Å²) in [6, 6.07) is 0.0592. The molecule has 2 aliphatic rings. The van der Waals surface area contributed by atoms with Crippen molar-refractivity contribution in [2.75, 3.05) is 13.6 Å². The number of urea groups is 1. The van der Waals surface area contributed by atoms with Gasteiger partial charge in [0.15, 0.2) is 0 Å². The highest BCUT2D eigenvalue weighted by molar-refractivity contribution is 5.79. The van der Waals surface area contributed by atoms with Gasteiger partial charge in [-0.05, 0) is 25.2 Å².